The monoisotopic (exact) mass is 227 g/mol. The summed E-state index contributed by atoms with van der Waals surface area (Å²) >= 11 is 0. The number of nitrogen functional groups attached to an aromatic ring is 1. The number of hydrogen-bond acceptors (Lipinski definition) is 6. The van der Waals surface area contributed by atoms with Crippen molar-refractivity contribution in [2.24, 2.45) is 0 Å². The zero-order chi connectivity index (χ0) is 11.7. The third kappa shape index (κ3) is 2.12. The standard InChI is InChI=1S/C8H13N5O3/c9-8-10-4-13(11-8)3-7(16)12-1-5(14)6(15)2-12/h4-6,14-15H,1-3H2,(H2,9,11)/t5-,6+. The molecule has 0 aromatic carbocycles. The van der Waals surface area contributed by atoms with Gasteiger partial charge in [0.1, 0.15) is 12.9 Å². The van der Waals surface area contributed by atoms with Gasteiger partial charge in [0.25, 0.3) is 0 Å². The fourth-order valence-electron chi connectivity index (χ4n) is 1.60. The molecule has 0 saturated carbocycles. The van der Waals surface area contributed by atoms with Crippen molar-refractivity contribution < 1.29 is 15.0 Å². The first-order chi connectivity index (χ1) is 7.56. The van der Waals surface area contributed by atoms with E-state index >= 15 is 0 Å². The first-order valence-electron chi connectivity index (χ1n) is 4.85. The average molecular weight is 227 g/mol. The van der Waals surface area contributed by atoms with Crippen molar-refractivity contribution >= 4 is 11.9 Å². The summed E-state index contributed by atoms with van der Waals surface area (Å²) in [5.74, 6) is -0.130. The van der Waals surface area contributed by atoms with Crippen LogP contribution in [0.5, 0.6) is 0 Å². The SMILES string of the molecule is Nc1ncn(CC(=O)N2C[C@@H](O)[C@@H](O)C2)n1. The van der Waals surface area contributed by atoms with Gasteiger partial charge < -0.3 is 20.8 Å². The van der Waals surface area contributed by atoms with Crippen LogP contribution in [0.15, 0.2) is 6.33 Å². The molecule has 0 spiro atoms. The quantitative estimate of drug-likeness (QED) is 0.511. The van der Waals surface area contributed by atoms with Crippen LogP contribution in [0.2, 0.25) is 0 Å². The highest BCUT2D eigenvalue weighted by atomic mass is 16.3. The number of carbonyl (C=O) groups excluding carboxylic acids is 1. The second-order valence-corrected chi connectivity index (χ2v) is 3.73. The molecule has 1 aromatic rings. The van der Waals surface area contributed by atoms with Crippen LogP contribution in [0, 0.1) is 0 Å². The summed E-state index contributed by atoms with van der Waals surface area (Å²) in [6, 6.07) is 0. The van der Waals surface area contributed by atoms with Gasteiger partial charge in [-0.15, -0.1) is 5.10 Å². The van der Waals surface area contributed by atoms with Gasteiger partial charge in [0.15, 0.2) is 0 Å². The van der Waals surface area contributed by atoms with E-state index in [4.69, 9.17) is 5.73 Å². The van der Waals surface area contributed by atoms with Crippen molar-refractivity contribution in [3.63, 3.8) is 0 Å². The molecular formula is C8H13N5O3. The molecule has 2 heterocycles. The summed E-state index contributed by atoms with van der Waals surface area (Å²) in [7, 11) is 0. The van der Waals surface area contributed by atoms with Gasteiger partial charge in [-0.1, -0.05) is 0 Å². The molecule has 1 aliphatic heterocycles. The molecule has 2 rings (SSSR count). The molecule has 1 aromatic heterocycles. The molecule has 16 heavy (non-hydrogen) atoms. The van der Waals surface area contributed by atoms with Gasteiger partial charge in [-0.25, -0.2) is 9.67 Å². The van der Waals surface area contributed by atoms with E-state index in [0.29, 0.717) is 0 Å². The van der Waals surface area contributed by atoms with E-state index in [1.54, 1.807) is 0 Å². The summed E-state index contributed by atoms with van der Waals surface area (Å²) in [6.07, 6.45) is -0.384. The molecule has 0 radical (unpaired) electrons. The second-order valence-electron chi connectivity index (χ2n) is 3.73. The molecule has 88 valence electrons. The van der Waals surface area contributed by atoms with E-state index in [0.717, 1.165) is 0 Å². The van der Waals surface area contributed by atoms with E-state index < -0.39 is 12.2 Å². The Bertz CT molecular complexity index is 383. The number of β-amino-alcohol motifs (C(OH)–C–C–N with tert-alkyl or cyclic N) is 2. The van der Waals surface area contributed by atoms with Crippen molar-refractivity contribution in [3.8, 4) is 0 Å². The Balaban J connectivity index is 1.94. The van der Waals surface area contributed by atoms with E-state index in [9.17, 15) is 15.0 Å². The van der Waals surface area contributed by atoms with Crippen molar-refractivity contribution in [2.75, 3.05) is 18.8 Å². The number of aromatic nitrogens is 3. The molecule has 4 N–H and O–H groups in total. The van der Waals surface area contributed by atoms with Crippen molar-refractivity contribution in [1.29, 1.82) is 0 Å². The lowest BCUT2D eigenvalue weighted by atomic mass is 10.3. The summed E-state index contributed by atoms with van der Waals surface area (Å²) in [4.78, 5) is 16.8. The van der Waals surface area contributed by atoms with Crippen LogP contribution in [0.3, 0.4) is 0 Å². The third-order valence-electron chi connectivity index (χ3n) is 2.46. The first kappa shape index (κ1) is 10.8. The number of nitrogens with zero attached hydrogens (tertiary/aromatic N) is 4. The molecule has 1 saturated heterocycles. The van der Waals surface area contributed by atoms with Gasteiger partial charge in [0.05, 0.1) is 12.2 Å². The number of amides is 1. The minimum atomic E-state index is -0.871. The highest BCUT2D eigenvalue weighted by Crippen LogP contribution is 2.10. The van der Waals surface area contributed by atoms with Crippen LogP contribution >= 0.6 is 0 Å². The molecule has 1 fully saturated rings. The highest BCUT2D eigenvalue weighted by molar-refractivity contribution is 5.76. The van der Waals surface area contributed by atoms with E-state index in [1.165, 1.54) is 15.9 Å². The van der Waals surface area contributed by atoms with Gasteiger partial charge in [0, 0.05) is 13.1 Å². The number of likely N-dealkylation sites (tertiary alicyclic amines) is 1. The summed E-state index contributed by atoms with van der Waals surface area (Å²) in [6.45, 7) is 0.290. The maximum absolute atomic E-state index is 11.7. The van der Waals surface area contributed by atoms with Gasteiger partial charge in [0.2, 0.25) is 11.9 Å². The molecule has 0 aliphatic carbocycles. The Kier molecular flexibility index (Phi) is 2.75. The first-order valence-corrected chi connectivity index (χ1v) is 4.85. The zero-order valence-corrected chi connectivity index (χ0v) is 8.52. The second kappa shape index (κ2) is 4.06. The number of anilines is 1. The lowest BCUT2D eigenvalue weighted by Gasteiger charge is -2.14. The van der Waals surface area contributed by atoms with E-state index in [2.05, 4.69) is 10.1 Å². The van der Waals surface area contributed by atoms with Crippen molar-refractivity contribution in [1.82, 2.24) is 19.7 Å². The van der Waals surface area contributed by atoms with Gasteiger partial charge in [-0.05, 0) is 0 Å². The number of aliphatic hydroxyl groups is 2. The molecule has 8 nitrogen and oxygen atoms in total. The number of rotatable bonds is 2. The molecule has 0 bridgehead atoms. The summed E-state index contributed by atoms with van der Waals surface area (Å²) in [5, 5.41) is 22.3. The molecule has 2 atom stereocenters. The maximum atomic E-state index is 11.7. The Hall–Kier alpha value is -1.67. The predicted octanol–water partition coefficient (Wildman–Crippen LogP) is -2.58. The minimum absolute atomic E-state index is 0.00361. The molecule has 1 amide bonds. The number of nitrogens with two attached hydrogens (primary N) is 1. The van der Waals surface area contributed by atoms with E-state index in [1.807, 2.05) is 0 Å². The predicted molar refractivity (Wildman–Crippen MR) is 53.0 cm³/mol. The smallest absolute Gasteiger partial charge is 0.244 e. The Morgan fingerprint density at radius 2 is 2.12 bits per heavy atom. The van der Waals surface area contributed by atoms with Gasteiger partial charge in [-0.3, -0.25) is 4.79 Å². The highest BCUT2D eigenvalue weighted by Gasteiger charge is 2.32. The Morgan fingerprint density at radius 3 is 2.62 bits per heavy atom. The van der Waals surface area contributed by atoms with Crippen molar-refractivity contribution in [3.05, 3.63) is 6.33 Å². The number of carbonyl (C=O) groups is 1. The van der Waals surface area contributed by atoms with Crippen molar-refractivity contribution in [2.45, 2.75) is 18.8 Å². The summed E-state index contributed by atoms with van der Waals surface area (Å²) in [5.41, 5.74) is 5.30. The van der Waals surface area contributed by atoms with Gasteiger partial charge >= 0.3 is 0 Å². The fraction of sp³-hybridized carbons (Fsp3) is 0.625. The normalized spacial score (nSPS) is 25.0. The topological polar surface area (TPSA) is 118 Å². The molecule has 0 unspecified atom stereocenters. The third-order valence-corrected chi connectivity index (χ3v) is 2.46. The lowest BCUT2D eigenvalue weighted by molar-refractivity contribution is -0.131. The van der Waals surface area contributed by atoms with Crippen LogP contribution in [0.1, 0.15) is 0 Å². The zero-order valence-electron chi connectivity index (χ0n) is 8.52. The minimum Gasteiger partial charge on any atom is -0.388 e. The lowest BCUT2D eigenvalue weighted by Crippen LogP contribution is -2.33. The maximum Gasteiger partial charge on any atom is 0.244 e. The van der Waals surface area contributed by atoms with Crippen LogP contribution < -0.4 is 5.73 Å². The molecule has 1 aliphatic rings. The largest absolute Gasteiger partial charge is 0.388 e. The Labute approximate surface area is 91.3 Å². The Morgan fingerprint density at radius 1 is 1.50 bits per heavy atom. The average Bonchev–Trinajstić information content (AvgIpc) is 2.75. The van der Waals surface area contributed by atoms with Crippen LogP contribution in [-0.2, 0) is 11.3 Å². The number of aliphatic hydroxyl groups excluding tert-OH is 2. The summed E-state index contributed by atoms with van der Waals surface area (Å²) < 4.78 is 1.31. The van der Waals surface area contributed by atoms with Crippen LogP contribution in [0.25, 0.3) is 0 Å². The van der Waals surface area contributed by atoms with Gasteiger partial charge in [-0.2, -0.15) is 0 Å². The number of hydrogen-bond donors (Lipinski definition) is 3. The molecule has 8 heteroatoms. The van der Waals surface area contributed by atoms with Crippen LogP contribution in [-0.4, -0.2) is 61.1 Å². The van der Waals surface area contributed by atoms with Crippen LogP contribution in [0.4, 0.5) is 5.95 Å². The fourth-order valence-corrected chi connectivity index (χ4v) is 1.60. The molecular weight excluding hydrogens is 214 g/mol. The van der Waals surface area contributed by atoms with E-state index in [-0.39, 0.29) is 31.5 Å².